The van der Waals surface area contributed by atoms with Crippen LogP contribution in [0.1, 0.15) is 0 Å². The van der Waals surface area contributed by atoms with E-state index in [0.29, 0.717) is 5.70 Å². The van der Waals surface area contributed by atoms with E-state index in [2.05, 4.69) is 47.2 Å². The van der Waals surface area contributed by atoms with Gasteiger partial charge >= 0.3 is 5.97 Å². The van der Waals surface area contributed by atoms with Crippen LogP contribution in [-0.4, -0.2) is 54.9 Å². The van der Waals surface area contributed by atoms with E-state index in [1.807, 2.05) is 31.8 Å². The first kappa shape index (κ1) is 21.2. The van der Waals surface area contributed by atoms with Crippen molar-refractivity contribution in [2.24, 2.45) is 0 Å². The number of rotatable bonds is 6. The SMILES string of the molecule is C[Si](C)(C)NC1C(=O)N2C(C(=O)O[Si](C)(C)C)=C(/C=C/CI)CS[C@H]12. The molecule has 2 aliphatic rings. The molecule has 0 radical (unpaired) electrons. The molecule has 0 spiro atoms. The zero-order valence-corrected chi connectivity index (χ0v) is 20.7. The third kappa shape index (κ3) is 5.21. The third-order valence-corrected chi connectivity index (χ3v) is 7.37. The van der Waals surface area contributed by atoms with Gasteiger partial charge in [-0.2, -0.15) is 0 Å². The maximum Gasteiger partial charge on any atom is 0.342 e. The van der Waals surface area contributed by atoms with Gasteiger partial charge in [0.15, 0.2) is 0 Å². The largest absolute Gasteiger partial charge is 0.515 e. The molecule has 1 amide bonds. The van der Waals surface area contributed by atoms with E-state index in [1.54, 1.807) is 16.7 Å². The molecule has 1 fully saturated rings. The van der Waals surface area contributed by atoms with Crippen molar-refractivity contribution >= 4 is 62.8 Å². The van der Waals surface area contributed by atoms with Gasteiger partial charge in [-0.1, -0.05) is 54.4 Å². The van der Waals surface area contributed by atoms with E-state index in [-0.39, 0.29) is 23.3 Å². The molecule has 1 N–H and O–H groups in total. The van der Waals surface area contributed by atoms with E-state index < -0.39 is 16.6 Å². The maximum atomic E-state index is 12.8. The fourth-order valence-electron chi connectivity index (χ4n) is 2.74. The molecule has 1 saturated heterocycles. The smallest absolute Gasteiger partial charge is 0.342 e. The molecule has 2 heterocycles. The number of nitrogens with one attached hydrogen (secondary N) is 1. The molecule has 0 aromatic rings. The maximum absolute atomic E-state index is 12.8. The zero-order chi connectivity index (χ0) is 19.0. The first-order valence-corrected chi connectivity index (χ1v) is 17.8. The highest BCUT2D eigenvalue weighted by molar-refractivity contribution is 14.1. The van der Waals surface area contributed by atoms with Gasteiger partial charge in [0.1, 0.15) is 25.3 Å². The van der Waals surface area contributed by atoms with Gasteiger partial charge in [-0.05, 0) is 25.2 Å². The van der Waals surface area contributed by atoms with Crippen LogP contribution < -0.4 is 4.98 Å². The van der Waals surface area contributed by atoms with Crippen LogP contribution in [0.4, 0.5) is 0 Å². The van der Waals surface area contributed by atoms with Crippen molar-refractivity contribution in [2.45, 2.75) is 50.7 Å². The highest BCUT2D eigenvalue weighted by atomic mass is 127. The van der Waals surface area contributed by atoms with Crippen LogP contribution in [0.15, 0.2) is 23.4 Å². The molecule has 25 heavy (non-hydrogen) atoms. The Morgan fingerprint density at radius 1 is 1.36 bits per heavy atom. The van der Waals surface area contributed by atoms with Crippen molar-refractivity contribution in [1.29, 1.82) is 0 Å². The van der Waals surface area contributed by atoms with E-state index >= 15 is 0 Å². The van der Waals surface area contributed by atoms with Gasteiger partial charge in [0.2, 0.25) is 14.2 Å². The zero-order valence-electron chi connectivity index (χ0n) is 15.7. The normalized spacial score (nSPS) is 24.4. The van der Waals surface area contributed by atoms with Gasteiger partial charge in [-0.3, -0.25) is 9.69 Å². The van der Waals surface area contributed by atoms with E-state index in [4.69, 9.17) is 4.43 Å². The fourth-order valence-corrected chi connectivity index (χ4v) is 6.30. The summed E-state index contributed by atoms with van der Waals surface area (Å²) in [5, 5.41) is -0.0137. The molecule has 2 rings (SSSR count). The molecular formula is C16H27IN2O3SSi2. The van der Waals surface area contributed by atoms with Crippen LogP contribution in [0.25, 0.3) is 0 Å². The summed E-state index contributed by atoms with van der Waals surface area (Å²) in [7, 11) is -3.62. The number of alkyl halides is 1. The second-order valence-corrected chi connectivity index (χ2v) is 19.4. The standard InChI is InChI=1S/C16H27IN2O3SSi2/c1-24(2,3)18-12-14(20)19-13(16(21)22-25(4,5)6)11(8-7-9-17)10-23-15(12)19/h7-8,12,15,18H,9-10H2,1-6H3/b8-7+/t12?,15-/m1/s1. The molecule has 1 unspecified atom stereocenters. The lowest BCUT2D eigenvalue weighted by molar-refractivity contribution is -0.147. The van der Waals surface area contributed by atoms with Crippen molar-refractivity contribution in [1.82, 2.24) is 9.88 Å². The molecule has 140 valence electrons. The second kappa shape index (κ2) is 7.87. The third-order valence-electron chi connectivity index (χ3n) is 3.59. The highest BCUT2D eigenvalue weighted by Crippen LogP contribution is 2.41. The van der Waals surface area contributed by atoms with Crippen molar-refractivity contribution in [3.63, 3.8) is 0 Å². The Labute approximate surface area is 170 Å². The van der Waals surface area contributed by atoms with Gasteiger partial charge in [0.25, 0.3) is 0 Å². The van der Waals surface area contributed by atoms with Crippen molar-refractivity contribution in [3.05, 3.63) is 23.4 Å². The number of fused-ring (bicyclic) bond motifs is 1. The fraction of sp³-hybridized carbons (Fsp3) is 0.625. The quantitative estimate of drug-likeness (QED) is 0.257. The summed E-state index contributed by atoms with van der Waals surface area (Å²) in [6.07, 6.45) is 3.98. The van der Waals surface area contributed by atoms with Gasteiger partial charge in [-0.15, -0.1) is 11.8 Å². The Hall–Kier alpha value is -0.106. The van der Waals surface area contributed by atoms with Gasteiger partial charge in [-0.25, -0.2) is 4.79 Å². The summed E-state index contributed by atoms with van der Waals surface area (Å²) >= 11 is 3.98. The van der Waals surface area contributed by atoms with Crippen LogP contribution in [-0.2, 0) is 14.0 Å². The minimum absolute atomic E-state index is 0.0116. The molecule has 9 heteroatoms. The summed E-state index contributed by atoms with van der Waals surface area (Å²) in [5.41, 5.74) is 1.34. The predicted octanol–water partition coefficient (Wildman–Crippen LogP) is 3.32. The number of thioether (sulfide) groups is 1. The van der Waals surface area contributed by atoms with E-state index in [9.17, 15) is 9.59 Å². The van der Waals surface area contributed by atoms with E-state index in [1.165, 1.54) is 0 Å². The number of allylic oxidation sites excluding steroid dienone is 2. The number of nitrogens with zero attached hydrogens (tertiary/aromatic N) is 1. The van der Waals surface area contributed by atoms with E-state index in [0.717, 1.165) is 15.8 Å². The molecule has 0 bridgehead atoms. The number of carbonyl (C=O) groups is 2. The van der Waals surface area contributed by atoms with Crippen LogP contribution in [0.2, 0.25) is 39.3 Å². The summed E-state index contributed by atoms with van der Waals surface area (Å²) < 4.78 is 6.58. The lowest BCUT2D eigenvalue weighted by Crippen LogP contribution is -2.73. The van der Waals surface area contributed by atoms with Crippen LogP contribution in [0, 0.1) is 0 Å². The molecule has 0 aromatic carbocycles. The molecule has 5 nitrogen and oxygen atoms in total. The Kier molecular flexibility index (Phi) is 6.67. The Morgan fingerprint density at radius 3 is 2.52 bits per heavy atom. The van der Waals surface area contributed by atoms with Gasteiger partial charge in [0.05, 0.1) is 0 Å². The summed E-state index contributed by atoms with van der Waals surface area (Å²) in [4.78, 5) is 30.8. The Morgan fingerprint density at radius 2 is 2.00 bits per heavy atom. The number of hydrogen-bond acceptors (Lipinski definition) is 5. The average molecular weight is 511 g/mol. The van der Waals surface area contributed by atoms with Crippen molar-refractivity contribution < 1.29 is 14.0 Å². The predicted molar refractivity (Wildman–Crippen MR) is 118 cm³/mol. The number of β-lactam (4-membered cyclic amide) rings is 1. The minimum atomic E-state index is -2.03. The first-order valence-electron chi connectivity index (χ1n) is 8.36. The Bertz CT molecular complexity index is 626. The number of amides is 1. The summed E-state index contributed by atoms with van der Waals surface area (Å²) in [6, 6.07) is -0.193. The average Bonchev–Trinajstić information content (AvgIpc) is 2.47. The summed E-state index contributed by atoms with van der Waals surface area (Å²) in [5.74, 6) is 0.363. The lowest BCUT2D eigenvalue weighted by atomic mass is 10.0. The molecule has 2 atom stereocenters. The molecule has 0 aromatic heterocycles. The molecule has 0 saturated carbocycles. The monoisotopic (exact) mass is 510 g/mol. The number of hydrogen-bond donors (Lipinski definition) is 1. The molecule has 0 aliphatic carbocycles. The molecular weight excluding hydrogens is 483 g/mol. The second-order valence-electron chi connectivity index (χ2n) is 8.21. The lowest BCUT2D eigenvalue weighted by Gasteiger charge is -2.51. The number of carbonyl (C=O) groups excluding carboxylic acids is 2. The number of halogens is 1. The molecule has 2 aliphatic heterocycles. The van der Waals surface area contributed by atoms with Crippen LogP contribution >= 0.6 is 34.4 Å². The van der Waals surface area contributed by atoms with Crippen LogP contribution in [0.3, 0.4) is 0 Å². The van der Waals surface area contributed by atoms with Gasteiger partial charge < -0.3 is 9.41 Å². The Balaban J connectivity index is 2.32. The van der Waals surface area contributed by atoms with Crippen molar-refractivity contribution in [2.75, 3.05) is 10.2 Å². The minimum Gasteiger partial charge on any atom is -0.515 e. The first-order chi connectivity index (χ1) is 11.4. The summed E-state index contributed by atoms with van der Waals surface area (Å²) in [6.45, 7) is 12.5. The highest BCUT2D eigenvalue weighted by Gasteiger charge is 2.54. The van der Waals surface area contributed by atoms with Gasteiger partial charge in [0, 0.05) is 10.2 Å². The van der Waals surface area contributed by atoms with Crippen LogP contribution in [0.5, 0.6) is 0 Å². The van der Waals surface area contributed by atoms with Crippen molar-refractivity contribution in [3.8, 4) is 0 Å². The topological polar surface area (TPSA) is 58.6 Å².